The normalized spacial score (nSPS) is 18.4. The van der Waals surface area contributed by atoms with Gasteiger partial charge in [-0.05, 0) is 30.4 Å². The van der Waals surface area contributed by atoms with Crippen LogP contribution in [0.25, 0.3) is 0 Å². The predicted octanol–water partition coefficient (Wildman–Crippen LogP) is 2.57. The lowest BCUT2D eigenvalue weighted by Gasteiger charge is -2.17. The highest BCUT2D eigenvalue weighted by Gasteiger charge is 2.17. The highest BCUT2D eigenvalue weighted by atomic mass is 32.2. The molecule has 1 unspecified atom stereocenters. The first-order valence-corrected chi connectivity index (χ1v) is 7.14. The van der Waals surface area contributed by atoms with E-state index in [2.05, 4.69) is 10.6 Å². The van der Waals surface area contributed by atoms with E-state index >= 15 is 0 Å². The summed E-state index contributed by atoms with van der Waals surface area (Å²) in [5, 5.41) is 6.26. The van der Waals surface area contributed by atoms with Crippen LogP contribution in [0.3, 0.4) is 0 Å². The van der Waals surface area contributed by atoms with Gasteiger partial charge in [-0.25, -0.2) is 0 Å². The minimum absolute atomic E-state index is 0.0671. The Morgan fingerprint density at radius 1 is 1.50 bits per heavy atom. The summed E-state index contributed by atoms with van der Waals surface area (Å²) in [6, 6.07) is 6.12. The van der Waals surface area contributed by atoms with Gasteiger partial charge in [0.05, 0.1) is 12.8 Å². The minimum Gasteiger partial charge on any atom is -0.495 e. The average molecular weight is 266 g/mol. The summed E-state index contributed by atoms with van der Waals surface area (Å²) >= 11 is 1.96. The van der Waals surface area contributed by atoms with Crippen LogP contribution in [0, 0.1) is 0 Å². The van der Waals surface area contributed by atoms with Gasteiger partial charge in [-0.15, -0.1) is 0 Å². The lowest BCUT2D eigenvalue weighted by Crippen LogP contribution is -2.18. The first-order chi connectivity index (χ1) is 8.69. The van der Waals surface area contributed by atoms with Crippen molar-refractivity contribution in [1.82, 2.24) is 0 Å². The van der Waals surface area contributed by atoms with E-state index in [1.165, 1.54) is 12.7 Å². The Kier molecular flexibility index (Phi) is 4.36. The van der Waals surface area contributed by atoms with Crippen LogP contribution in [-0.4, -0.2) is 30.6 Å². The number of carbonyl (C=O) groups excluding carboxylic acids is 1. The molecule has 0 spiro atoms. The van der Waals surface area contributed by atoms with E-state index in [-0.39, 0.29) is 5.91 Å². The number of hydrogen-bond acceptors (Lipinski definition) is 4. The van der Waals surface area contributed by atoms with Gasteiger partial charge >= 0.3 is 0 Å². The summed E-state index contributed by atoms with van der Waals surface area (Å²) in [4.78, 5) is 11.1. The molecule has 98 valence electrons. The number of nitrogens with one attached hydrogen (secondary N) is 2. The third-order valence-electron chi connectivity index (χ3n) is 2.81. The van der Waals surface area contributed by atoms with Crippen molar-refractivity contribution in [3.8, 4) is 5.75 Å². The Hall–Kier alpha value is -1.36. The van der Waals surface area contributed by atoms with Gasteiger partial charge in [0, 0.05) is 24.4 Å². The largest absolute Gasteiger partial charge is 0.495 e. The van der Waals surface area contributed by atoms with Crippen LogP contribution in [0.5, 0.6) is 5.75 Å². The number of ether oxygens (including phenoxy) is 1. The number of anilines is 2. The molecular weight excluding hydrogens is 248 g/mol. The van der Waals surface area contributed by atoms with Crippen LogP contribution in [-0.2, 0) is 4.79 Å². The summed E-state index contributed by atoms with van der Waals surface area (Å²) in [5.41, 5.74) is 1.73. The third kappa shape index (κ3) is 3.32. The van der Waals surface area contributed by atoms with Gasteiger partial charge in [-0.2, -0.15) is 11.8 Å². The fraction of sp³-hybridized carbons (Fsp3) is 0.462. The van der Waals surface area contributed by atoms with Gasteiger partial charge in [0.2, 0.25) is 5.91 Å². The van der Waals surface area contributed by atoms with Crippen LogP contribution in [0.1, 0.15) is 13.3 Å². The van der Waals surface area contributed by atoms with Gasteiger partial charge in [0.15, 0.2) is 0 Å². The smallest absolute Gasteiger partial charge is 0.221 e. The molecule has 1 fully saturated rings. The summed E-state index contributed by atoms with van der Waals surface area (Å²) in [6.45, 7) is 1.50. The van der Waals surface area contributed by atoms with Crippen molar-refractivity contribution >= 4 is 29.0 Å². The molecular formula is C13H18N2O2S. The standard InChI is InChI=1S/C13H18N2O2S/c1-9(16)14-10-3-4-13(17-2)12(7-10)15-11-5-6-18-8-11/h3-4,7,11,15H,5-6,8H2,1-2H3,(H,14,16). The second kappa shape index (κ2) is 6.00. The molecule has 1 amide bonds. The fourth-order valence-electron chi connectivity index (χ4n) is 1.97. The number of carbonyl (C=O) groups is 1. The molecule has 0 bridgehead atoms. The molecule has 1 heterocycles. The maximum absolute atomic E-state index is 11.1. The van der Waals surface area contributed by atoms with Gasteiger partial charge in [0.1, 0.15) is 5.75 Å². The lowest BCUT2D eigenvalue weighted by atomic mass is 10.2. The highest BCUT2D eigenvalue weighted by Crippen LogP contribution is 2.30. The molecule has 1 aliphatic rings. The van der Waals surface area contributed by atoms with Gasteiger partial charge in [-0.3, -0.25) is 4.79 Å². The molecule has 0 saturated carbocycles. The van der Waals surface area contributed by atoms with Crippen LogP contribution in [0.15, 0.2) is 18.2 Å². The summed E-state index contributed by atoms with van der Waals surface area (Å²) in [7, 11) is 1.65. The number of hydrogen-bond donors (Lipinski definition) is 2. The quantitative estimate of drug-likeness (QED) is 0.879. The number of methoxy groups -OCH3 is 1. The van der Waals surface area contributed by atoms with Crippen molar-refractivity contribution in [3.05, 3.63) is 18.2 Å². The Labute approximate surface area is 111 Å². The van der Waals surface area contributed by atoms with Gasteiger partial charge in [0.25, 0.3) is 0 Å². The van der Waals surface area contributed by atoms with E-state index in [0.29, 0.717) is 6.04 Å². The molecule has 18 heavy (non-hydrogen) atoms. The van der Waals surface area contributed by atoms with Crippen LogP contribution < -0.4 is 15.4 Å². The maximum Gasteiger partial charge on any atom is 0.221 e. The van der Waals surface area contributed by atoms with Crippen molar-refractivity contribution < 1.29 is 9.53 Å². The molecule has 1 aliphatic heterocycles. The monoisotopic (exact) mass is 266 g/mol. The Balaban J connectivity index is 2.15. The lowest BCUT2D eigenvalue weighted by molar-refractivity contribution is -0.114. The predicted molar refractivity (Wildman–Crippen MR) is 76.7 cm³/mol. The van der Waals surface area contributed by atoms with E-state index in [1.54, 1.807) is 7.11 Å². The number of rotatable bonds is 4. The van der Waals surface area contributed by atoms with Crippen molar-refractivity contribution in [2.75, 3.05) is 29.2 Å². The zero-order valence-electron chi connectivity index (χ0n) is 10.7. The molecule has 1 atom stereocenters. The first kappa shape index (κ1) is 13.1. The maximum atomic E-state index is 11.1. The Bertz CT molecular complexity index is 431. The summed E-state index contributed by atoms with van der Waals surface area (Å²) in [6.07, 6.45) is 1.16. The molecule has 4 nitrogen and oxygen atoms in total. The first-order valence-electron chi connectivity index (χ1n) is 5.99. The Morgan fingerprint density at radius 3 is 2.94 bits per heavy atom. The third-order valence-corrected chi connectivity index (χ3v) is 3.97. The van der Waals surface area contributed by atoms with E-state index in [9.17, 15) is 4.79 Å². The molecule has 1 saturated heterocycles. The van der Waals surface area contributed by atoms with E-state index in [0.717, 1.165) is 29.3 Å². The molecule has 0 radical (unpaired) electrons. The second-order valence-electron chi connectivity index (χ2n) is 4.30. The van der Waals surface area contributed by atoms with E-state index in [1.807, 2.05) is 30.0 Å². The van der Waals surface area contributed by atoms with Crippen LogP contribution >= 0.6 is 11.8 Å². The molecule has 1 aromatic carbocycles. The van der Waals surface area contributed by atoms with Crippen molar-refractivity contribution in [2.24, 2.45) is 0 Å². The highest BCUT2D eigenvalue weighted by molar-refractivity contribution is 7.99. The fourth-order valence-corrected chi connectivity index (χ4v) is 3.12. The summed E-state index contributed by atoms with van der Waals surface area (Å²) < 4.78 is 5.33. The van der Waals surface area contributed by atoms with Gasteiger partial charge in [-0.1, -0.05) is 0 Å². The second-order valence-corrected chi connectivity index (χ2v) is 5.45. The molecule has 1 aromatic rings. The topological polar surface area (TPSA) is 50.4 Å². The SMILES string of the molecule is COc1ccc(NC(C)=O)cc1NC1CCSC1. The molecule has 2 N–H and O–H groups in total. The minimum atomic E-state index is -0.0671. The molecule has 0 aromatic heterocycles. The van der Waals surface area contributed by atoms with Crippen LogP contribution in [0.2, 0.25) is 0 Å². The van der Waals surface area contributed by atoms with Crippen molar-refractivity contribution in [1.29, 1.82) is 0 Å². The molecule has 0 aliphatic carbocycles. The van der Waals surface area contributed by atoms with Crippen LogP contribution in [0.4, 0.5) is 11.4 Å². The number of thioether (sulfide) groups is 1. The number of amides is 1. The Morgan fingerprint density at radius 2 is 2.33 bits per heavy atom. The average Bonchev–Trinajstić information content (AvgIpc) is 2.81. The molecule has 5 heteroatoms. The van der Waals surface area contributed by atoms with Crippen molar-refractivity contribution in [3.63, 3.8) is 0 Å². The zero-order chi connectivity index (χ0) is 13.0. The van der Waals surface area contributed by atoms with E-state index < -0.39 is 0 Å². The summed E-state index contributed by atoms with van der Waals surface area (Å²) in [5.74, 6) is 3.06. The number of benzene rings is 1. The van der Waals surface area contributed by atoms with Gasteiger partial charge < -0.3 is 15.4 Å². The zero-order valence-corrected chi connectivity index (χ0v) is 11.5. The van der Waals surface area contributed by atoms with E-state index in [4.69, 9.17) is 4.74 Å². The van der Waals surface area contributed by atoms with Crippen molar-refractivity contribution in [2.45, 2.75) is 19.4 Å². The molecule has 2 rings (SSSR count).